The van der Waals surface area contributed by atoms with Crippen LogP contribution in [0.3, 0.4) is 0 Å². The van der Waals surface area contributed by atoms with Gasteiger partial charge in [-0.3, -0.25) is 9.48 Å². The molecule has 0 radical (unpaired) electrons. The molecule has 0 unspecified atom stereocenters. The van der Waals surface area contributed by atoms with E-state index >= 15 is 0 Å². The topological polar surface area (TPSA) is 64.2 Å². The zero-order chi connectivity index (χ0) is 11.0. The molecule has 0 aliphatic carbocycles. The maximum atomic E-state index is 12.0. The molecule has 1 aromatic rings. The molecule has 2 rings (SSSR count). The van der Waals surface area contributed by atoms with Crippen molar-refractivity contribution in [3.05, 3.63) is 17.5 Å². The summed E-state index contributed by atoms with van der Waals surface area (Å²) in [6, 6.07) is 1.94. The fourth-order valence-electron chi connectivity index (χ4n) is 1.94. The van der Waals surface area contributed by atoms with Gasteiger partial charge in [-0.05, 0) is 19.4 Å². The van der Waals surface area contributed by atoms with Crippen LogP contribution in [-0.2, 0) is 7.05 Å². The van der Waals surface area contributed by atoms with Gasteiger partial charge in [0.25, 0.3) is 5.91 Å². The number of aryl methyl sites for hydroxylation is 2. The maximum absolute atomic E-state index is 12.0. The van der Waals surface area contributed by atoms with Gasteiger partial charge in [0.15, 0.2) is 0 Å². The molecule has 1 atom stereocenters. The van der Waals surface area contributed by atoms with Gasteiger partial charge in [0.2, 0.25) is 0 Å². The van der Waals surface area contributed by atoms with Gasteiger partial charge in [-0.1, -0.05) is 0 Å². The van der Waals surface area contributed by atoms with Crippen LogP contribution in [0.2, 0.25) is 0 Å². The molecule has 0 bridgehead atoms. The van der Waals surface area contributed by atoms with Crippen LogP contribution < -0.4 is 5.73 Å². The summed E-state index contributed by atoms with van der Waals surface area (Å²) in [6.07, 6.45) is 0.891. The number of nitrogens with zero attached hydrogens (tertiary/aromatic N) is 3. The van der Waals surface area contributed by atoms with E-state index in [0.29, 0.717) is 12.2 Å². The minimum atomic E-state index is 0.0334. The quantitative estimate of drug-likeness (QED) is 0.701. The Morgan fingerprint density at radius 1 is 1.67 bits per heavy atom. The largest absolute Gasteiger partial charge is 0.336 e. The lowest BCUT2D eigenvalue weighted by atomic mass is 10.3. The van der Waals surface area contributed by atoms with E-state index in [1.165, 1.54) is 0 Å². The Bertz CT molecular complexity index is 385. The third-order valence-corrected chi connectivity index (χ3v) is 2.73. The molecule has 2 N–H and O–H groups in total. The van der Waals surface area contributed by atoms with Gasteiger partial charge in [-0.15, -0.1) is 0 Å². The van der Waals surface area contributed by atoms with Crippen molar-refractivity contribution in [2.24, 2.45) is 12.8 Å². The fraction of sp³-hybridized carbons (Fsp3) is 0.600. The Morgan fingerprint density at radius 3 is 2.87 bits per heavy atom. The molecule has 1 amide bonds. The van der Waals surface area contributed by atoms with Crippen LogP contribution in [0.4, 0.5) is 0 Å². The Balaban J connectivity index is 2.17. The molecule has 1 aromatic heterocycles. The number of rotatable bonds is 1. The molecule has 0 spiro atoms. The maximum Gasteiger partial charge on any atom is 0.272 e. The highest BCUT2D eigenvalue weighted by Crippen LogP contribution is 2.12. The highest BCUT2D eigenvalue weighted by Gasteiger charge is 2.26. The van der Waals surface area contributed by atoms with Crippen LogP contribution in [0.15, 0.2) is 6.07 Å². The van der Waals surface area contributed by atoms with Crippen molar-refractivity contribution in [3.8, 4) is 0 Å². The molecular formula is C10H16N4O. The summed E-state index contributed by atoms with van der Waals surface area (Å²) in [6.45, 7) is 3.29. The predicted octanol–water partition coefficient (Wildman–Crippen LogP) is -0.0983. The Morgan fingerprint density at radius 2 is 2.40 bits per heavy atom. The summed E-state index contributed by atoms with van der Waals surface area (Å²) in [5, 5.41) is 4.16. The first-order valence-electron chi connectivity index (χ1n) is 5.13. The van der Waals surface area contributed by atoms with Crippen LogP contribution in [0, 0.1) is 6.92 Å². The first kappa shape index (κ1) is 10.2. The molecule has 1 aliphatic heterocycles. The van der Waals surface area contributed by atoms with Crippen molar-refractivity contribution >= 4 is 5.91 Å². The first-order chi connectivity index (χ1) is 7.08. The highest BCUT2D eigenvalue weighted by atomic mass is 16.2. The van der Waals surface area contributed by atoms with E-state index in [0.717, 1.165) is 18.7 Å². The highest BCUT2D eigenvalue weighted by molar-refractivity contribution is 5.92. The summed E-state index contributed by atoms with van der Waals surface area (Å²) in [5.41, 5.74) is 7.27. The number of hydrogen-bond donors (Lipinski definition) is 1. The second kappa shape index (κ2) is 3.66. The van der Waals surface area contributed by atoms with Crippen molar-refractivity contribution in [1.29, 1.82) is 0 Å². The van der Waals surface area contributed by atoms with Crippen LogP contribution >= 0.6 is 0 Å². The van der Waals surface area contributed by atoms with Crippen LogP contribution in [0.1, 0.15) is 22.6 Å². The van der Waals surface area contributed by atoms with Gasteiger partial charge in [0, 0.05) is 26.2 Å². The Labute approximate surface area is 88.8 Å². The number of nitrogens with two attached hydrogens (primary N) is 1. The van der Waals surface area contributed by atoms with Gasteiger partial charge in [-0.25, -0.2) is 0 Å². The van der Waals surface area contributed by atoms with Gasteiger partial charge < -0.3 is 10.6 Å². The van der Waals surface area contributed by atoms with Gasteiger partial charge >= 0.3 is 0 Å². The second-order valence-corrected chi connectivity index (χ2v) is 4.09. The average Bonchev–Trinajstić information content (AvgIpc) is 2.71. The molecule has 15 heavy (non-hydrogen) atoms. The first-order valence-corrected chi connectivity index (χ1v) is 5.13. The minimum absolute atomic E-state index is 0.0334. The number of carbonyl (C=O) groups excluding carboxylic acids is 1. The normalized spacial score (nSPS) is 21.0. The molecular weight excluding hydrogens is 192 g/mol. The van der Waals surface area contributed by atoms with Crippen molar-refractivity contribution in [2.45, 2.75) is 19.4 Å². The molecule has 82 valence electrons. The molecule has 1 fully saturated rings. The number of likely N-dealkylation sites (tertiary alicyclic amines) is 1. The zero-order valence-electron chi connectivity index (χ0n) is 9.10. The molecule has 1 saturated heterocycles. The smallest absolute Gasteiger partial charge is 0.272 e. The molecule has 0 saturated carbocycles. The zero-order valence-corrected chi connectivity index (χ0v) is 9.10. The lowest BCUT2D eigenvalue weighted by Gasteiger charge is -2.15. The number of hydrogen-bond acceptors (Lipinski definition) is 3. The molecule has 1 aliphatic rings. The summed E-state index contributed by atoms with van der Waals surface area (Å²) < 4.78 is 1.63. The summed E-state index contributed by atoms with van der Waals surface area (Å²) in [5.74, 6) is 0.0334. The lowest BCUT2D eigenvalue weighted by molar-refractivity contribution is 0.0780. The van der Waals surface area contributed by atoms with Crippen molar-refractivity contribution < 1.29 is 4.79 Å². The van der Waals surface area contributed by atoms with Gasteiger partial charge in [0.05, 0.1) is 5.69 Å². The van der Waals surface area contributed by atoms with E-state index in [1.54, 1.807) is 16.6 Å². The molecule has 2 heterocycles. The Hall–Kier alpha value is -1.36. The predicted molar refractivity (Wildman–Crippen MR) is 56.4 cm³/mol. The summed E-state index contributed by atoms with van der Waals surface area (Å²) in [7, 11) is 1.79. The van der Waals surface area contributed by atoms with Crippen LogP contribution in [0.5, 0.6) is 0 Å². The SMILES string of the molecule is Cc1cc(C(=O)N2CC[C@@H](N)C2)n(C)n1. The van der Waals surface area contributed by atoms with Crippen molar-refractivity contribution in [2.75, 3.05) is 13.1 Å². The molecule has 0 aromatic carbocycles. The summed E-state index contributed by atoms with van der Waals surface area (Å²) in [4.78, 5) is 13.8. The number of amides is 1. The number of aromatic nitrogens is 2. The Kier molecular flexibility index (Phi) is 2.48. The lowest BCUT2D eigenvalue weighted by Crippen LogP contribution is -2.33. The van der Waals surface area contributed by atoms with E-state index in [-0.39, 0.29) is 11.9 Å². The third kappa shape index (κ3) is 1.87. The van der Waals surface area contributed by atoms with E-state index in [1.807, 2.05) is 13.0 Å². The molecule has 5 heteroatoms. The van der Waals surface area contributed by atoms with E-state index in [4.69, 9.17) is 5.73 Å². The fourth-order valence-corrected chi connectivity index (χ4v) is 1.94. The second-order valence-electron chi connectivity index (χ2n) is 4.09. The van der Waals surface area contributed by atoms with Gasteiger partial charge in [0.1, 0.15) is 5.69 Å². The van der Waals surface area contributed by atoms with Crippen molar-refractivity contribution in [1.82, 2.24) is 14.7 Å². The van der Waals surface area contributed by atoms with Crippen LogP contribution in [-0.4, -0.2) is 39.7 Å². The van der Waals surface area contributed by atoms with Crippen LogP contribution in [0.25, 0.3) is 0 Å². The average molecular weight is 208 g/mol. The minimum Gasteiger partial charge on any atom is -0.336 e. The van der Waals surface area contributed by atoms with E-state index in [9.17, 15) is 4.79 Å². The van der Waals surface area contributed by atoms with E-state index < -0.39 is 0 Å². The van der Waals surface area contributed by atoms with Crippen molar-refractivity contribution in [3.63, 3.8) is 0 Å². The number of carbonyl (C=O) groups is 1. The van der Waals surface area contributed by atoms with Gasteiger partial charge in [-0.2, -0.15) is 5.10 Å². The summed E-state index contributed by atoms with van der Waals surface area (Å²) >= 11 is 0. The third-order valence-electron chi connectivity index (χ3n) is 2.73. The van der Waals surface area contributed by atoms with E-state index in [2.05, 4.69) is 5.10 Å². The molecule has 5 nitrogen and oxygen atoms in total. The monoisotopic (exact) mass is 208 g/mol. The standard InChI is InChI=1S/C10H16N4O/c1-7-5-9(13(2)12-7)10(15)14-4-3-8(11)6-14/h5,8H,3-4,6,11H2,1-2H3/t8-/m1/s1.